The molecule has 1 fully saturated rings. The fourth-order valence-electron chi connectivity index (χ4n) is 5.53. The Morgan fingerprint density at radius 3 is 1.52 bits per heavy atom. The lowest BCUT2D eigenvalue weighted by Gasteiger charge is -2.46. The summed E-state index contributed by atoms with van der Waals surface area (Å²) in [6, 6.07) is 39.7. The van der Waals surface area contributed by atoms with Gasteiger partial charge in [0, 0.05) is 6.61 Å². The fourth-order valence-corrected chi connectivity index (χ4v) is 5.62. The van der Waals surface area contributed by atoms with E-state index >= 15 is 0 Å². The minimum atomic E-state index is -0.802. The Bertz CT molecular complexity index is 1480. The summed E-state index contributed by atoms with van der Waals surface area (Å²) in [7, 11) is 0. The molecule has 4 aromatic carbocycles. The molecule has 0 spiro atoms. The number of carbonyl (C=O) groups excluding carboxylic acids is 1. The Morgan fingerprint density at radius 1 is 0.540 bits per heavy atom. The lowest BCUT2D eigenvalue weighted by atomic mass is 9.97. The first-order valence-electron chi connectivity index (χ1n) is 16.9. The van der Waals surface area contributed by atoms with Gasteiger partial charge in [-0.15, -0.1) is 0 Å². The number of carbonyl (C=O) groups is 1. The number of unbranched alkanes of at least 4 members (excludes halogenated alkanes) is 1. The van der Waals surface area contributed by atoms with Gasteiger partial charge in [-0.25, -0.2) is 4.79 Å². The largest absolute Gasteiger partial charge is 0.509 e. The molecule has 0 aliphatic carbocycles. The number of benzene rings is 4. The molecule has 0 amide bonds. The summed E-state index contributed by atoms with van der Waals surface area (Å²) in [4.78, 5) is 11.5. The molecule has 0 radical (unpaired) electrons. The predicted octanol–water partition coefficient (Wildman–Crippen LogP) is 7.83. The third-order valence-corrected chi connectivity index (χ3v) is 8.16. The van der Waals surface area contributed by atoms with Gasteiger partial charge < -0.3 is 37.9 Å². The van der Waals surface area contributed by atoms with Crippen LogP contribution in [0.5, 0.6) is 0 Å². The van der Waals surface area contributed by atoms with Crippen molar-refractivity contribution in [1.82, 2.24) is 0 Å². The van der Waals surface area contributed by atoms with Gasteiger partial charge in [0.25, 0.3) is 0 Å². The van der Waals surface area contributed by atoms with Crippen molar-refractivity contribution in [3.63, 3.8) is 0 Å². The molecular weight excluding hydrogens is 660 g/mol. The summed E-state index contributed by atoms with van der Waals surface area (Å²) in [5.74, 6) is 0. The normalized spacial score (nSPS) is 20.3. The van der Waals surface area contributed by atoms with Crippen LogP contribution in [-0.4, -0.2) is 62.7 Å². The predicted molar refractivity (Wildman–Crippen MR) is 188 cm³/mol. The average Bonchev–Trinajstić information content (AvgIpc) is 3.16. The Balaban J connectivity index is 1.37. The summed E-state index contributed by atoms with van der Waals surface area (Å²) >= 11 is 5.43. The van der Waals surface area contributed by atoms with Gasteiger partial charge in [0.1, 0.15) is 24.4 Å². The van der Waals surface area contributed by atoms with Gasteiger partial charge >= 0.3 is 6.16 Å². The molecule has 4 aromatic rings. The first-order chi connectivity index (χ1) is 24.7. The van der Waals surface area contributed by atoms with E-state index in [2.05, 4.69) is 4.74 Å². The molecule has 1 aliphatic rings. The van der Waals surface area contributed by atoms with Crippen molar-refractivity contribution in [2.75, 3.05) is 25.9 Å². The van der Waals surface area contributed by atoms with Crippen LogP contribution in [0.2, 0.25) is 0 Å². The van der Waals surface area contributed by atoms with E-state index in [-0.39, 0.29) is 19.3 Å². The van der Waals surface area contributed by atoms with Crippen LogP contribution < -0.4 is 0 Å². The van der Waals surface area contributed by atoms with Crippen LogP contribution in [-0.2, 0) is 64.3 Å². The maximum atomic E-state index is 11.5. The van der Waals surface area contributed by atoms with Gasteiger partial charge in [0.15, 0.2) is 12.4 Å². The van der Waals surface area contributed by atoms with Crippen molar-refractivity contribution >= 4 is 17.8 Å². The molecule has 5 atom stereocenters. The van der Waals surface area contributed by atoms with Gasteiger partial charge in [-0.3, -0.25) is 0 Å². The van der Waals surface area contributed by atoms with Crippen LogP contribution in [0.15, 0.2) is 121 Å². The van der Waals surface area contributed by atoms with Crippen LogP contribution in [0.4, 0.5) is 4.79 Å². The molecule has 0 bridgehead atoms. The maximum absolute atomic E-state index is 11.5. The zero-order chi connectivity index (χ0) is 34.6. The van der Waals surface area contributed by atoms with Crippen LogP contribution >= 0.6 is 11.6 Å². The minimum absolute atomic E-state index is 0.173. The smallest absolute Gasteiger partial charge is 0.434 e. The number of halogens is 1. The highest BCUT2D eigenvalue weighted by molar-refractivity contribution is 6.17. The van der Waals surface area contributed by atoms with Gasteiger partial charge in [-0.05, 0) is 35.1 Å². The van der Waals surface area contributed by atoms with Gasteiger partial charge in [0.2, 0.25) is 0 Å². The van der Waals surface area contributed by atoms with Crippen molar-refractivity contribution in [2.45, 2.75) is 70.0 Å². The van der Waals surface area contributed by atoms with Crippen LogP contribution in [0.1, 0.15) is 35.1 Å². The number of alkyl halides is 1. The molecule has 50 heavy (non-hydrogen) atoms. The molecule has 1 aliphatic heterocycles. The molecule has 1 saturated heterocycles. The minimum Gasteiger partial charge on any atom is -0.434 e. The molecular formula is C40H45ClO9. The zero-order valence-corrected chi connectivity index (χ0v) is 28.8. The van der Waals surface area contributed by atoms with E-state index in [0.717, 1.165) is 22.3 Å². The lowest BCUT2D eigenvalue weighted by molar-refractivity contribution is -0.328. The zero-order valence-electron chi connectivity index (χ0n) is 28.1. The van der Waals surface area contributed by atoms with Crippen molar-refractivity contribution in [2.24, 2.45) is 0 Å². The highest BCUT2D eigenvalue weighted by Gasteiger charge is 2.49. The lowest BCUT2D eigenvalue weighted by Crippen LogP contribution is -2.61. The van der Waals surface area contributed by atoms with E-state index in [0.29, 0.717) is 45.9 Å². The molecule has 0 saturated carbocycles. The quantitative estimate of drug-likeness (QED) is 0.0519. The molecule has 10 heteroatoms. The topological polar surface area (TPSA) is 90.9 Å². The second-order valence-electron chi connectivity index (χ2n) is 11.8. The fraction of sp³-hybridized carbons (Fsp3) is 0.375. The number of rotatable bonds is 20. The van der Waals surface area contributed by atoms with Crippen LogP contribution in [0, 0.1) is 0 Å². The van der Waals surface area contributed by atoms with Crippen LogP contribution in [0.25, 0.3) is 0 Å². The number of hydrogen-bond donors (Lipinski definition) is 0. The third kappa shape index (κ3) is 12.5. The third-order valence-electron chi connectivity index (χ3n) is 8.05. The molecule has 0 N–H and O–H groups in total. The Hall–Kier alpha value is -3.80. The molecule has 5 rings (SSSR count). The highest BCUT2D eigenvalue weighted by Crippen LogP contribution is 2.32. The summed E-state index contributed by atoms with van der Waals surface area (Å²) in [5.41, 5.74) is 4.10. The highest BCUT2D eigenvalue weighted by atomic mass is 35.5. The van der Waals surface area contributed by atoms with E-state index in [1.165, 1.54) is 0 Å². The van der Waals surface area contributed by atoms with Gasteiger partial charge in [0.05, 0.1) is 39.6 Å². The molecule has 0 unspecified atom stereocenters. The van der Waals surface area contributed by atoms with E-state index in [9.17, 15) is 4.79 Å². The molecule has 1 heterocycles. The Labute approximate surface area is 299 Å². The molecule has 9 nitrogen and oxygen atoms in total. The van der Waals surface area contributed by atoms with E-state index in [1.807, 2.05) is 121 Å². The van der Waals surface area contributed by atoms with Crippen LogP contribution in [0.3, 0.4) is 0 Å². The van der Waals surface area contributed by atoms with Crippen molar-refractivity contribution < 1.29 is 42.7 Å². The van der Waals surface area contributed by atoms with E-state index in [1.54, 1.807) is 0 Å². The summed E-state index contributed by atoms with van der Waals surface area (Å²) < 4.78 is 49.0. The molecule has 0 aromatic heterocycles. The van der Waals surface area contributed by atoms with Crippen molar-refractivity contribution in [3.05, 3.63) is 144 Å². The Kier molecular flexibility index (Phi) is 16.0. The first-order valence-corrected chi connectivity index (χ1v) is 17.4. The van der Waals surface area contributed by atoms with Gasteiger partial charge in [-0.2, -0.15) is 0 Å². The van der Waals surface area contributed by atoms with E-state index < -0.39 is 36.9 Å². The summed E-state index contributed by atoms with van der Waals surface area (Å²) in [6.45, 7) is 2.14. The average molecular weight is 705 g/mol. The second-order valence-corrected chi connectivity index (χ2v) is 12.0. The SMILES string of the molecule is O=C(OCCl)OCCCCO[C@@H]1O[C@H](COCc2ccccc2)[C@H](OCc2ccccc2)[C@H](OCc2ccccc2)[C@H]1OCc1ccccc1. The van der Waals surface area contributed by atoms with Crippen molar-refractivity contribution in [3.8, 4) is 0 Å². The number of hydrogen-bond acceptors (Lipinski definition) is 9. The van der Waals surface area contributed by atoms with E-state index in [4.69, 9.17) is 44.8 Å². The standard InChI is InChI=1S/C40H45ClO9/c41-30-49-40(42)45-24-14-13-23-44-39-38(48-28-34-21-11-4-12-22-34)37(47-27-33-19-9-3-10-20-33)36(46-26-32-17-7-2-8-18-32)35(50-39)29-43-25-31-15-5-1-6-16-31/h1-12,15-22,35-39H,13-14,23-30H2/t35-,36+,37+,38-,39-/m1/s1. The summed E-state index contributed by atoms with van der Waals surface area (Å²) in [5, 5.41) is 0. The molecule has 266 valence electrons. The first kappa shape index (κ1) is 37.5. The van der Waals surface area contributed by atoms with Crippen molar-refractivity contribution in [1.29, 1.82) is 0 Å². The second kappa shape index (κ2) is 21.4. The monoisotopic (exact) mass is 704 g/mol. The maximum Gasteiger partial charge on any atom is 0.509 e. The Morgan fingerprint density at radius 2 is 1.00 bits per heavy atom. The van der Waals surface area contributed by atoms with Gasteiger partial charge in [-0.1, -0.05) is 133 Å². The number of ether oxygens (including phenoxy) is 8. The summed E-state index contributed by atoms with van der Waals surface area (Å²) in [6.07, 6.45) is -2.79.